The van der Waals surface area contributed by atoms with Gasteiger partial charge in [-0.2, -0.15) is 0 Å². The van der Waals surface area contributed by atoms with E-state index in [1.165, 1.54) is 11.1 Å². The van der Waals surface area contributed by atoms with Crippen LogP contribution in [0.25, 0.3) is 0 Å². The molecule has 0 bridgehead atoms. The molecule has 1 aliphatic rings. The van der Waals surface area contributed by atoms with E-state index in [-0.39, 0.29) is 17.0 Å². The fourth-order valence-electron chi connectivity index (χ4n) is 3.15. The zero-order valence-electron chi connectivity index (χ0n) is 14.6. The van der Waals surface area contributed by atoms with Crippen molar-refractivity contribution in [1.82, 2.24) is 4.90 Å². The van der Waals surface area contributed by atoms with Crippen molar-refractivity contribution in [3.8, 4) is 0 Å². The summed E-state index contributed by atoms with van der Waals surface area (Å²) < 4.78 is 5.64. The van der Waals surface area contributed by atoms with Gasteiger partial charge in [0.25, 0.3) is 0 Å². The van der Waals surface area contributed by atoms with Crippen molar-refractivity contribution < 1.29 is 14.3 Å². The molecule has 1 aromatic carbocycles. The third-order valence-electron chi connectivity index (χ3n) is 4.95. The number of benzene rings is 1. The average molecular weight is 317 g/mol. The van der Waals surface area contributed by atoms with Crippen LogP contribution in [0, 0.1) is 0 Å². The minimum Gasteiger partial charge on any atom is -0.448 e. The van der Waals surface area contributed by atoms with E-state index in [0.717, 1.165) is 25.5 Å². The molecule has 1 unspecified atom stereocenters. The van der Waals surface area contributed by atoms with Crippen LogP contribution in [-0.2, 0) is 21.4 Å². The maximum absolute atomic E-state index is 12.3. The molecule has 4 heteroatoms. The van der Waals surface area contributed by atoms with E-state index < -0.39 is 0 Å². The highest BCUT2D eigenvalue weighted by molar-refractivity contribution is 5.68. The topological polar surface area (TPSA) is 46.6 Å². The molecule has 0 aliphatic heterocycles. The van der Waals surface area contributed by atoms with E-state index in [1.807, 2.05) is 32.9 Å². The van der Waals surface area contributed by atoms with Gasteiger partial charge >= 0.3 is 6.09 Å². The minimum absolute atomic E-state index is 0.230. The molecule has 0 saturated heterocycles. The molecular weight excluding hydrogens is 290 g/mol. The van der Waals surface area contributed by atoms with Crippen molar-refractivity contribution in [1.29, 1.82) is 0 Å². The quantitative estimate of drug-likeness (QED) is 0.778. The number of rotatable bonds is 5. The molecule has 0 N–H and O–H groups in total. The van der Waals surface area contributed by atoms with Gasteiger partial charge in [0.05, 0.1) is 0 Å². The molecule has 1 atom stereocenters. The molecule has 23 heavy (non-hydrogen) atoms. The number of ether oxygens (including phenoxy) is 1. The van der Waals surface area contributed by atoms with Crippen LogP contribution in [0.2, 0.25) is 0 Å². The first-order chi connectivity index (χ1) is 10.8. The Kier molecular flexibility index (Phi) is 5.12. The Labute approximate surface area is 138 Å². The molecule has 4 nitrogen and oxygen atoms in total. The maximum Gasteiger partial charge on any atom is 0.409 e. The molecule has 0 aromatic heterocycles. The second-order valence-corrected chi connectivity index (χ2v) is 7.43. The lowest BCUT2D eigenvalue weighted by Crippen LogP contribution is -2.44. The summed E-state index contributed by atoms with van der Waals surface area (Å²) in [5, 5.41) is 0. The highest BCUT2D eigenvalue weighted by Gasteiger charge is 2.40. The standard InChI is InChI=1S/C19H27NO3/c1-18(2,3)20(4)17(22)23-14-19(11-7-13-21)12-10-15-8-5-6-9-16(15)19/h5-6,8-9,13H,7,10-12,14H2,1-4H3. The van der Waals surface area contributed by atoms with Crippen molar-refractivity contribution in [2.45, 2.75) is 57.4 Å². The summed E-state index contributed by atoms with van der Waals surface area (Å²) in [5.41, 5.74) is 2.03. The van der Waals surface area contributed by atoms with E-state index in [9.17, 15) is 9.59 Å². The van der Waals surface area contributed by atoms with Crippen LogP contribution in [0.1, 0.15) is 51.2 Å². The summed E-state index contributed by atoms with van der Waals surface area (Å²) in [5.74, 6) is 0. The predicted molar refractivity (Wildman–Crippen MR) is 90.6 cm³/mol. The number of aryl methyl sites for hydroxylation is 1. The Bertz CT molecular complexity index is 576. The minimum atomic E-state index is -0.313. The molecule has 0 radical (unpaired) electrons. The Balaban J connectivity index is 2.15. The zero-order valence-corrected chi connectivity index (χ0v) is 14.6. The van der Waals surface area contributed by atoms with Gasteiger partial charge in [-0.25, -0.2) is 4.79 Å². The number of hydrogen-bond acceptors (Lipinski definition) is 3. The fraction of sp³-hybridized carbons (Fsp3) is 0.579. The van der Waals surface area contributed by atoms with Gasteiger partial charge in [0.2, 0.25) is 0 Å². The van der Waals surface area contributed by atoms with Gasteiger partial charge in [0, 0.05) is 24.4 Å². The van der Waals surface area contributed by atoms with Crippen molar-refractivity contribution in [3.63, 3.8) is 0 Å². The Hall–Kier alpha value is -1.84. The van der Waals surface area contributed by atoms with Gasteiger partial charge < -0.3 is 14.4 Å². The Morgan fingerprint density at radius 2 is 2.04 bits per heavy atom. The maximum atomic E-state index is 12.3. The molecule has 1 aromatic rings. The monoisotopic (exact) mass is 317 g/mol. The van der Waals surface area contributed by atoms with E-state index in [0.29, 0.717) is 13.0 Å². The first-order valence-electron chi connectivity index (χ1n) is 8.23. The lowest BCUT2D eigenvalue weighted by Gasteiger charge is -2.34. The number of carbonyl (C=O) groups is 2. The number of amides is 1. The van der Waals surface area contributed by atoms with Crippen molar-refractivity contribution in [2.75, 3.05) is 13.7 Å². The van der Waals surface area contributed by atoms with E-state index in [2.05, 4.69) is 12.1 Å². The van der Waals surface area contributed by atoms with Gasteiger partial charge in [0.15, 0.2) is 0 Å². The summed E-state index contributed by atoms with van der Waals surface area (Å²) in [6.07, 6.45) is 3.74. The SMILES string of the molecule is CN(C(=O)OCC1(CCC=O)CCc2ccccc21)C(C)(C)C. The van der Waals surface area contributed by atoms with Crippen molar-refractivity contribution in [3.05, 3.63) is 35.4 Å². The summed E-state index contributed by atoms with van der Waals surface area (Å²) in [6, 6.07) is 8.28. The number of nitrogens with zero attached hydrogens (tertiary/aromatic N) is 1. The van der Waals surface area contributed by atoms with E-state index in [4.69, 9.17) is 4.74 Å². The van der Waals surface area contributed by atoms with Crippen LogP contribution in [-0.4, -0.2) is 36.5 Å². The lowest BCUT2D eigenvalue weighted by atomic mass is 9.78. The number of aldehydes is 1. The largest absolute Gasteiger partial charge is 0.448 e. The number of fused-ring (bicyclic) bond motifs is 1. The van der Waals surface area contributed by atoms with Crippen LogP contribution in [0.4, 0.5) is 4.79 Å². The third-order valence-corrected chi connectivity index (χ3v) is 4.95. The molecule has 1 amide bonds. The van der Waals surface area contributed by atoms with Gasteiger partial charge in [0.1, 0.15) is 12.9 Å². The number of carbonyl (C=O) groups excluding carboxylic acids is 2. The van der Waals surface area contributed by atoms with E-state index >= 15 is 0 Å². The third kappa shape index (κ3) is 3.74. The number of hydrogen-bond donors (Lipinski definition) is 0. The second-order valence-electron chi connectivity index (χ2n) is 7.43. The second kappa shape index (κ2) is 6.73. The smallest absolute Gasteiger partial charge is 0.409 e. The van der Waals surface area contributed by atoms with Gasteiger partial charge in [-0.05, 0) is 51.2 Å². The highest BCUT2D eigenvalue weighted by atomic mass is 16.6. The Morgan fingerprint density at radius 1 is 1.35 bits per heavy atom. The van der Waals surface area contributed by atoms with Crippen LogP contribution in [0.15, 0.2) is 24.3 Å². The summed E-state index contributed by atoms with van der Waals surface area (Å²) in [7, 11) is 1.75. The van der Waals surface area contributed by atoms with E-state index in [1.54, 1.807) is 11.9 Å². The zero-order chi connectivity index (χ0) is 17.1. The van der Waals surface area contributed by atoms with Crippen LogP contribution in [0.3, 0.4) is 0 Å². The normalized spacial score (nSPS) is 20.0. The molecule has 0 fully saturated rings. The van der Waals surface area contributed by atoms with Gasteiger partial charge in [-0.1, -0.05) is 24.3 Å². The summed E-state index contributed by atoms with van der Waals surface area (Å²) >= 11 is 0. The molecule has 2 rings (SSSR count). The fourth-order valence-corrected chi connectivity index (χ4v) is 3.15. The molecule has 0 saturated carbocycles. The van der Waals surface area contributed by atoms with Crippen LogP contribution >= 0.6 is 0 Å². The van der Waals surface area contributed by atoms with Gasteiger partial charge in [-0.3, -0.25) is 0 Å². The van der Waals surface area contributed by atoms with Crippen LogP contribution in [0.5, 0.6) is 0 Å². The molecule has 1 aliphatic carbocycles. The average Bonchev–Trinajstić information content (AvgIpc) is 2.88. The first-order valence-corrected chi connectivity index (χ1v) is 8.23. The van der Waals surface area contributed by atoms with Crippen LogP contribution < -0.4 is 0 Å². The van der Waals surface area contributed by atoms with Gasteiger partial charge in [-0.15, -0.1) is 0 Å². The lowest BCUT2D eigenvalue weighted by molar-refractivity contribution is -0.108. The van der Waals surface area contributed by atoms with Crippen molar-refractivity contribution in [2.24, 2.45) is 0 Å². The highest BCUT2D eigenvalue weighted by Crippen LogP contribution is 2.42. The summed E-state index contributed by atoms with van der Waals surface area (Å²) in [4.78, 5) is 24.8. The molecule has 0 heterocycles. The molecule has 126 valence electrons. The molecular formula is C19H27NO3. The predicted octanol–water partition coefficient (Wildman–Crippen LogP) is 3.72. The summed E-state index contributed by atoms with van der Waals surface area (Å²) in [6.45, 7) is 6.25. The Morgan fingerprint density at radius 3 is 2.70 bits per heavy atom. The molecule has 0 spiro atoms. The van der Waals surface area contributed by atoms with Crippen molar-refractivity contribution >= 4 is 12.4 Å². The first kappa shape index (κ1) is 17.5.